The van der Waals surface area contributed by atoms with E-state index >= 15 is 0 Å². The van der Waals surface area contributed by atoms with Gasteiger partial charge in [-0.1, -0.05) is 32.4 Å². The van der Waals surface area contributed by atoms with Gasteiger partial charge >= 0.3 is 6.09 Å². The number of hydrogen-bond acceptors (Lipinski definition) is 4. The van der Waals surface area contributed by atoms with Crippen LogP contribution in [-0.2, 0) is 11.2 Å². The summed E-state index contributed by atoms with van der Waals surface area (Å²) in [6.07, 6.45) is -0.238. The molecule has 0 aromatic carbocycles. The van der Waals surface area contributed by atoms with E-state index in [0.717, 1.165) is 5.56 Å². The number of halogens is 1. The molecule has 1 amide bonds. The van der Waals surface area contributed by atoms with Crippen LogP contribution in [-0.4, -0.2) is 27.5 Å². The number of amides is 1. The molecular weight excluding hydrogens is 316 g/mol. The van der Waals surface area contributed by atoms with Crippen LogP contribution in [0.25, 0.3) is 0 Å². The van der Waals surface area contributed by atoms with Gasteiger partial charge in [0.1, 0.15) is 5.60 Å². The van der Waals surface area contributed by atoms with Crippen LogP contribution in [0.15, 0.2) is 11.1 Å². The van der Waals surface area contributed by atoms with Crippen LogP contribution in [0.2, 0.25) is 5.15 Å². The lowest BCUT2D eigenvalue weighted by atomic mass is 9.86. The molecule has 5 nitrogen and oxygen atoms in total. The highest BCUT2D eigenvalue weighted by Crippen LogP contribution is 2.27. The van der Waals surface area contributed by atoms with E-state index in [9.17, 15) is 9.90 Å². The first-order valence-electron chi connectivity index (χ1n) is 7.45. The maximum atomic E-state index is 12.0. The van der Waals surface area contributed by atoms with Crippen molar-refractivity contribution in [2.75, 3.05) is 0 Å². The molecule has 0 unspecified atom stereocenters. The predicted octanol–water partition coefficient (Wildman–Crippen LogP) is 4.71. The molecule has 1 N–H and O–H groups in total. The average molecular weight is 341 g/mol. The van der Waals surface area contributed by atoms with Crippen LogP contribution in [0.3, 0.4) is 0 Å². The highest BCUT2D eigenvalue weighted by atomic mass is 35.5. The average Bonchev–Trinajstić information content (AvgIpc) is 2.31. The van der Waals surface area contributed by atoms with Gasteiger partial charge in [-0.3, -0.25) is 0 Å². The minimum atomic E-state index is -0.619. The lowest BCUT2D eigenvalue weighted by molar-refractivity contribution is 0.0602. The second-order valence-corrected chi connectivity index (χ2v) is 7.87. The quantitative estimate of drug-likeness (QED) is 0.625. The molecule has 0 spiro atoms. The Morgan fingerprint density at radius 2 is 1.87 bits per heavy atom. The van der Waals surface area contributed by atoms with E-state index in [1.165, 1.54) is 0 Å². The van der Waals surface area contributed by atoms with Gasteiger partial charge in [-0.05, 0) is 39.3 Å². The number of hydrogen-bond donors (Lipinski definition) is 1. The van der Waals surface area contributed by atoms with E-state index < -0.39 is 11.7 Å². The summed E-state index contributed by atoms with van der Waals surface area (Å²) in [5.74, 6) is -0.0854. The second-order valence-electron chi connectivity index (χ2n) is 7.51. The molecule has 0 bridgehead atoms. The van der Waals surface area contributed by atoms with Crippen LogP contribution >= 0.6 is 11.6 Å². The number of carbonyl (C=O) groups excluding carboxylic acids is 1. The van der Waals surface area contributed by atoms with Crippen molar-refractivity contribution in [3.8, 4) is 5.75 Å². The SMILES string of the molecule is Cc1nc(Cl)c(O)cc1C/C(=N/C(=O)OC(C)(C)C)C(C)(C)C. The number of aryl methyl sites for hydroxylation is 1. The smallest absolute Gasteiger partial charge is 0.434 e. The lowest BCUT2D eigenvalue weighted by Crippen LogP contribution is -2.27. The molecular formula is C17H25ClN2O3. The first kappa shape index (κ1) is 19.4. The van der Waals surface area contributed by atoms with Gasteiger partial charge in [0, 0.05) is 23.2 Å². The van der Waals surface area contributed by atoms with Gasteiger partial charge in [-0.15, -0.1) is 0 Å². The molecule has 0 radical (unpaired) electrons. The molecule has 1 rings (SSSR count). The van der Waals surface area contributed by atoms with Crippen molar-refractivity contribution < 1.29 is 14.6 Å². The van der Waals surface area contributed by atoms with Gasteiger partial charge in [0.25, 0.3) is 0 Å². The van der Waals surface area contributed by atoms with E-state index in [1.54, 1.807) is 33.8 Å². The van der Waals surface area contributed by atoms with Gasteiger partial charge < -0.3 is 9.84 Å². The van der Waals surface area contributed by atoms with E-state index in [1.807, 2.05) is 20.8 Å². The summed E-state index contributed by atoms with van der Waals surface area (Å²) in [4.78, 5) is 20.2. The van der Waals surface area contributed by atoms with Crippen molar-refractivity contribution in [1.29, 1.82) is 0 Å². The normalized spacial score (nSPS) is 13.1. The largest absolute Gasteiger partial charge is 0.505 e. The highest BCUT2D eigenvalue weighted by molar-refractivity contribution is 6.30. The van der Waals surface area contributed by atoms with Gasteiger partial charge in [-0.25, -0.2) is 9.78 Å². The van der Waals surface area contributed by atoms with Gasteiger partial charge in [-0.2, -0.15) is 4.99 Å². The summed E-state index contributed by atoms with van der Waals surface area (Å²) in [7, 11) is 0. The predicted molar refractivity (Wildman–Crippen MR) is 92.5 cm³/mol. The zero-order valence-corrected chi connectivity index (χ0v) is 15.6. The number of nitrogens with zero attached hydrogens (tertiary/aromatic N) is 2. The standard InChI is InChI=1S/C17H25ClN2O3/c1-10-11(8-12(21)14(18)19-10)9-13(16(2,3)4)20-15(22)23-17(5,6)7/h8,21H,9H2,1-7H3/b20-13-. The van der Waals surface area contributed by atoms with Crippen molar-refractivity contribution in [2.24, 2.45) is 10.4 Å². The Labute approximate surface area is 142 Å². The van der Waals surface area contributed by atoms with E-state index in [4.69, 9.17) is 16.3 Å². The van der Waals surface area contributed by atoms with E-state index in [0.29, 0.717) is 17.8 Å². The fourth-order valence-corrected chi connectivity index (χ4v) is 2.01. The molecule has 0 aliphatic rings. The zero-order valence-electron chi connectivity index (χ0n) is 14.8. The van der Waals surface area contributed by atoms with E-state index in [-0.39, 0.29) is 16.3 Å². The number of pyridine rings is 1. The van der Waals surface area contributed by atoms with Crippen molar-refractivity contribution >= 4 is 23.4 Å². The van der Waals surface area contributed by atoms with Gasteiger partial charge in [0.15, 0.2) is 10.9 Å². The molecule has 0 saturated carbocycles. The van der Waals surface area contributed by atoms with Gasteiger partial charge in [0.2, 0.25) is 0 Å². The first-order valence-corrected chi connectivity index (χ1v) is 7.83. The number of rotatable bonds is 2. The Balaban J connectivity index is 3.15. The summed E-state index contributed by atoms with van der Waals surface area (Å²) >= 11 is 5.80. The molecule has 0 atom stereocenters. The minimum Gasteiger partial charge on any atom is -0.505 e. The minimum absolute atomic E-state index is 0.0626. The van der Waals surface area contributed by atoms with Crippen LogP contribution in [0.5, 0.6) is 5.75 Å². The molecule has 1 heterocycles. The summed E-state index contributed by atoms with van der Waals surface area (Å²) in [6, 6.07) is 1.56. The molecule has 128 valence electrons. The Hall–Kier alpha value is -1.62. The number of aliphatic imine (C=N–C) groups is 1. The zero-order chi connectivity index (χ0) is 18.0. The second kappa shape index (κ2) is 6.87. The molecule has 0 aliphatic carbocycles. The van der Waals surface area contributed by atoms with E-state index in [2.05, 4.69) is 9.98 Å². The molecule has 1 aromatic heterocycles. The van der Waals surface area contributed by atoms with Crippen molar-refractivity contribution in [3.63, 3.8) is 0 Å². The summed E-state index contributed by atoms with van der Waals surface area (Å²) in [5, 5.41) is 9.81. The topological polar surface area (TPSA) is 71.8 Å². The molecule has 0 saturated heterocycles. The Morgan fingerprint density at radius 1 is 1.30 bits per heavy atom. The van der Waals surface area contributed by atoms with Crippen LogP contribution in [0, 0.1) is 12.3 Å². The summed E-state index contributed by atoms with van der Waals surface area (Å²) < 4.78 is 5.26. The van der Waals surface area contributed by atoms with Gasteiger partial charge in [0.05, 0.1) is 0 Å². The van der Waals surface area contributed by atoms with Crippen LogP contribution in [0.4, 0.5) is 4.79 Å². The maximum absolute atomic E-state index is 12.0. The third kappa shape index (κ3) is 6.18. The number of aromatic hydroxyl groups is 1. The molecule has 0 aliphatic heterocycles. The highest BCUT2D eigenvalue weighted by Gasteiger charge is 2.24. The summed E-state index contributed by atoms with van der Waals surface area (Å²) in [5.41, 5.74) is 1.18. The summed E-state index contributed by atoms with van der Waals surface area (Å²) in [6.45, 7) is 13.1. The van der Waals surface area contributed by atoms with Crippen molar-refractivity contribution in [2.45, 2.75) is 60.5 Å². The maximum Gasteiger partial charge on any atom is 0.434 e. The third-order valence-electron chi connectivity index (χ3n) is 3.10. The Kier molecular flexibility index (Phi) is 5.80. The fraction of sp³-hybridized carbons (Fsp3) is 0.588. The van der Waals surface area contributed by atoms with Crippen LogP contribution in [0.1, 0.15) is 52.8 Å². The van der Waals surface area contributed by atoms with Crippen molar-refractivity contribution in [1.82, 2.24) is 4.98 Å². The Bertz CT molecular complexity index is 626. The van der Waals surface area contributed by atoms with Crippen molar-refractivity contribution in [3.05, 3.63) is 22.5 Å². The van der Waals surface area contributed by atoms with Crippen LogP contribution < -0.4 is 0 Å². The molecule has 0 fully saturated rings. The monoisotopic (exact) mass is 340 g/mol. The molecule has 1 aromatic rings. The fourth-order valence-electron chi connectivity index (χ4n) is 1.83. The lowest BCUT2D eigenvalue weighted by Gasteiger charge is -2.23. The number of aromatic nitrogens is 1. The molecule has 6 heteroatoms. The Morgan fingerprint density at radius 3 is 2.35 bits per heavy atom. The first-order chi connectivity index (χ1) is 10.3. The number of carbonyl (C=O) groups is 1. The third-order valence-corrected chi connectivity index (χ3v) is 3.37. The molecule has 23 heavy (non-hydrogen) atoms. The number of ether oxygens (including phenoxy) is 1.